The molecule has 34 heavy (non-hydrogen) atoms. The van der Waals surface area contributed by atoms with Gasteiger partial charge in [0.15, 0.2) is 6.10 Å². The minimum atomic E-state index is -1.01. The number of anilines is 2. The first-order chi connectivity index (χ1) is 16.5. The van der Waals surface area contributed by atoms with Crippen molar-refractivity contribution in [3.63, 3.8) is 0 Å². The Balaban J connectivity index is 1.36. The molecule has 0 saturated carbocycles. The summed E-state index contributed by atoms with van der Waals surface area (Å²) in [5.41, 5.74) is 3.30. The van der Waals surface area contributed by atoms with Crippen LogP contribution in [0.1, 0.15) is 27.0 Å². The third kappa shape index (κ3) is 5.57. The molecule has 0 aliphatic rings. The average Bonchev–Trinajstić information content (AvgIpc) is 3.41. The highest BCUT2D eigenvalue weighted by Crippen LogP contribution is 2.27. The Bertz CT molecular complexity index is 1290. The maximum absolute atomic E-state index is 12.7. The van der Waals surface area contributed by atoms with E-state index in [1.54, 1.807) is 42.5 Å². The van der Waals surface area contributed by atoms with E-state index in [9.17, 15) is 14.4 Å². The number of para-hydroxylation sites is 1. The highest BCUT2D eigenvalue weighted by atomic mass is 32.1. The summed E-state index contributed by atoms with van der Waals surface area (Å²) in [6.45, 7) is 1.52. The summed E-state index contributed by atoms with van der Waals surface area (Å²) in [6.07, 6.45) is -1.01. The molecule has 0 saturated heterocycles. The SMILES string of the molecule is CC(OC(=O)c1ccc(NC(=O)c2cccs2)cc1)C(=O)Nc1ccccc1-c1ccccc1. The number of carbonyl (C=O) groups is 3. The summed E-state index contributed by atoms with van der Waals surface area (Å²) in [7, 11) is 0. The van der Waals surface area contributed by atoms with Crippen LogP contribution in [0.2, 0.25) is 0 Å². The number of carbonyl (C=O) groups excluding carboxylic acids is 3. The molecule has 4 rings (SSSR count). The van der Waals surface area contributed by atoms with Gasteiger partial charge in [-0.25, -0.2) is 4.79 Å². The summed E-state index contributed by atoms with van der Waals surface area (Å²) < 4.78 is 5.36. The molecule has 2 N–H and O–H groups in total. The molecular weight excluding hydrogens is 448 g/mol. The number of hydrogen-bond acceptors (Lipinski definition) is 5. The highest BCUT2D eigenvalue weighted by molar-refractivity contribution is 7.12. The molecule has 7 heteroatoms. The Hall–Kier alpha value is -4.23. The first-order valence-electron chi connectivity index (χ1n) is 10.6. The predicted molar refractivity (Wildman–Crippen MR) is 134 cm³/mol. The topological polar surface area (TPSA) is 84.5 Å². The number of benzene rings is 3. The van der Waals surface area contributed by atoms with E-state index in [1.165, 1.54) is 18.3 Å². The first-order valence-corrected chi connectivity index (χ1v) is 11.5. The van der Waals surface area contributed by atoms with Crippen molar-refractivity contribution in [3.05, 3.63) is 107 Å². The molecule has 4 aromatic rings. The summed E-state index contributed by atoms with van der Waals surface area (Å²) in [4.78, 5) is 38.0. The van der Waals surface area contributed by atoms with Crippen LogP contribution in [0.15, 0.2) is 96.4 Å². The molecule has 1 aromatic heterocycles. The van der Waals surface area contributed by atoms with Crippen LogP contribution in [0.25, 0.3) is 11.1 Å². The molecular formula is C27H22N2O4S. The standard InChI is InChI=1S/C27H22N2O4S/c1-18(25(30)29-23-11-6-5-10-22(23)19-8-3-2-4-9-19)33-27(32)20-13-15-21(16-14-20)28-26(31)24-12-7-17-34-24/h2-18H,1H3,(H,28,31)(H,29,30). The minimum absolute atomic E-state index is 0.216. The average molecular weight is 471 g/mol. The molecule has 0 aliphatic heterocycles. The quantitative estimate of drug-likeness (QED) is 0.332. The second-order valence-corrected chi connectivity index (χ2v) is 8.40. The maximum Gasteiger partial charge on any atom is 0.338 e. The molecule has 0 radical (unpaired) electrons. The molecule has 1 atom stereocenters. The lowest BCUT2D eigenvalue weighted by molar-refractivity contribution is -0.123. The summed E-state index contributed by atoms with van der Waals surface area (Å²) in [5.74, 6) is -1.28. The molecule has 2 amide bonds. The molecule has 0 bridgehead atoms. The fourth-order valence-electron chi connectivity index (χ4n) is 3.27. The van der Waals surface area contributed by atoms with Gasteiger partial charge in [-0.15, -0.1) is 11.3 Å². The second-order valence-electron chi connectivity index (χ2n) is 7.46. The molecule has 1 heterocycles. The van der Waals surface area contributed by atoms with Gasteiger partial charge in [-0.2, -0.15) is 0 Å². The monoisotopic (exact) mass is 470 g/mol. The largest absolute Gasteiger partial charge is 0.449 e. The van der Waals surface area contributed by atoms with Gasteiger partial charge < -0.3 is 15.4 Å². The zero-order valence-electron chi connectivity index (χ0n) is 18.4. The van der Waals surface area contributed by atoms with E-state index < -0.39 is 18.0 Å². The van der Waals surface area contributed by atoms with Crippen molar-refractivity contribution in [2.24, 2.45) is 0 Å². The van der Waals surface area contributed by atoms with Gasteiger partial charge in [-0.1, -0.05) is 54.6 Å². The van der Waals surface area contributed by atoms with E-state index in [0.29, 0.717) is 16.3 Å². The van der Waals surface area contributed by atoms with Crippen molar-refractivity contribution in [1.29, 1.82) is 0 Å². The molecule has 0 spiro atoms. The molecule has 0 aliphatic carbocycles. The minimum Gasteiger partial charge on any atom is -0.449 e. The van der Waals surface area contributed by atoms with Crippen LogP contribution in [0.4, 0.5) is 11.4 Å². The maximum atomic E-state index is 12.7. The van der Waals surface area contributed by atoms with Crippen molar-refractivity contribution in [1.82, 2.24) is 0 Å². The normalized spacial score (nSPS) is 11.3. The van der Waals surface area contributed by atoms with Crippen LogP contribution in [-0.2, 0) is 9.53 Å². The van der Waals surface area contributed by atoms with Crippen molar-refractivity contribution in [3.8, 4) is 11.1 Å². The van der Waals surface area contributed by atoms with Gasteiger partial charge in [0.25, 0.3) is 11.8 Å². The Kier molecular flexibility index (Phi) is 7.15. The smallest absolute Gasteiger partial charge is 0.338 e. The van der Waals surface area contributed by atoms with Gasteiger partial charge in [0.1, 0.15) is 0 Å². The molecule has 0 fully saturated rings. The lowest BCUT2D eigenvalue weighted by atomic mass is 10.0. The van der Waals surface area contributed by atoms with Gasteiger partial charge in [0.2, 0.25) is 0 Å². The molecule has 1 unspecified atom stereocenters. The van der Waals surface area contributed by atoms with Gasteiger partial charge >= 0.3 is 5.97 Å². The highest BCUT2D eigenvalue weighted by Gasteiger charge is 2.20. The number of esters is 1. The van der Waals surface area contributed by atoms with E-state index >= 15 is 0 Å². The first kappa shape index (κ1) is 22.9. The Morgan fingerprint density at radius 3 is 2.21 bits per heavy atom. The Labute approximate surface area is 201 Å². The number of rotatable bonds is 7. The second kappa shape index (κ2) is 10.6. The number of ether oxygens (including phenoxy) is 1. The number of hydrogen-bond donors (Lipinski definition) is 2. The van der Waals surface area contributed by atoms with Gasteiger partial charge in [-0.05, 0) is 54.3 Å². The lowest BCUT2D eigenvalue weighted by Gasteiger charge is -2.16. The van der Waals surface area contributed by atoms with Crippen LogP contribution in [0.5, 0.6) is 0 Å². The van der Waals surface area contributed by atoms with Gasteiger partial charge in [0.05, 0.1) is 10.4 Å². The molecule has 6 nitrogen and oxygen atoms in total. The summed E-state index contributed by atoms with van der Waals surface area (Å²) in [5, 5.41) is 7.44. The Morgan fingerprint density at radius 2 is 1.50 bits per heavy atom. The van der Waals surface area contributed by atoms with E-state index in [2.05, 4.69) is 10.6 Å². The summed E-state index contributed by atoms with van der Waals surface area (Å²) in [6, 6.07) is 27.0. The predicted octanol–water partition coefficient (Wildman–Crippen LogP) is 5.85. The lowest BCUT2D eigenvalue weighted by Crippen LogP contribution is -2.30. The van der Waals surface area contributed by atoms with Crippen molar-refractivity contribution in [2.75, 3.05) is 10.6 Å². The number of thiophene rings is 1. The fraction of sp³-hybridized carbons (Fsp3) is 0.0741. The van der Waals surface area contributed by atoms with Crippen LogP contribution >= 0.6 is 11.3 Å². The third-order valence-corrected chi connectivity index (χ3v) is 5.91. The van der Waals surface area contributed by atoms with Crippen molar-refractivity contribution in [2.45, 2.75) is 13.0 Å². The van der Waals surface area contributed by atoms with Gasteiger partial charge in [0, 0.05) is 16.9 Å². The zero-order valence-corrected chi connectivity index (χ0v) is 19.2. The zero-order chi connectivity index (χ0) is 23.9. The van der Waals surface area contributed by atoms with Crippen LogP contribution in [0.3, 0.4) is 0 Å². The third-order valence-electron chi connectivity index (χ3n) is 5.05. The van der Waals surface area contributed by atoms with E-state index in [1.807, 2.05) is 53.9 Å². The van der Waals surface area contributed by atoms with Crippen LogP contribution in [0, 0.1) is 0 Å². The van der Waals surface area contributed by atoms with E-state index in [0.717, 1.165) is 11.1 Å². The van der Waals surface area contributed by atoms with Crippen molar-refractivity contribution < 1.29 is 19.1 Å². The number of amides is 2. The van der Waals surface area contributed by atoms with Crippen molar-refractivity contribution >= 4 is 40.5 Å². The van der Waals surface area contributed by atoms with Gasteiger partial charge in [-0.3, -0.25) is 9.59 Å². The molecule has 170 valence electrons. The van der Waals surface area contributed by atoms with Crippen LogP contribution < -0.4 is 10.6 Å². The number of nitrogens with one attached hydrogen (secondary N) is 2. The van der Waals surface area contributed by atoms with Crippen LogP contribution in [-0.4, -0.2) is 23.9 Å². The Morgan fingerprint density at radius 1 is 0.794 bits per heavy atom. The molecule has 3 aromatic carbocycles. The summed E-state index contributed by atoms with van der Waals surface area (Å²) >= 11 is 1.34. The van der Waals surface area contributed by atoms with E-state index in [4.69, 9.17) is 4.74 Å². The van der Waals surface area contributed by atoms with E-state index in [-0.39, 0.29) is 11.5 Å². The fourth-order valence-corrected chi connectivity index (χ4v) is 3.89.